The average Bonchev–Trinajstić information content (AvgIpc) is 2.99. The zero-order valence-electron chi connectivity index (χ0n) is 14.6. The van der Waals surface area contributed by atoms with E-state index in [1.54, 1.807) is 43.5 Å². The Labute approximate surface area is 153 Å². The van der Waals surface area contributed by atoms with E-state index in [9.17, 15) is 14.2 Å². The molecule has 8 nitrogen and oxygen atoms in total. The van der Waals surface area contributed by atoms with Gasteiger partial charge in [0.2, 0.25) is 6.41 Å². The summed E-state index contributed by atoms with van der Waals surface area (Å²) in [4.78, 5) is 23.8. The molecule has 9 heteroatoms. The number of para-hydroxylation sites is 1. The first kappa shape index (κ1) is 20.0. The van der Waals surface area contributed by atoms with Gasteiger partial charge in [0.05, 0.1) is 6.10 Å². The smallest absolute Gasteiger partial charge is 0.352 e. The van der Waals surface area contributed by atoms with Gasteiger partial charge in [-0.3, -0.25) is 15.0 Å². The van der Waals surface area contributed by atoms with Crippen LogP contribution in [0.2, 0.25) is 0 Å². The molecule has 0 aliphatic carbocycles. The molecule has 0 radical (unpaired) electrons. The highest BCUT2D eigenvalue weighted by atomic mass is 31.1. The van der Waals surface area contributed by atoms with E-state index in [1.807, 2.05) is 13.0 Å². The highest BCUT2D eigenvalue weighted by Crippen LogP contribution is 2.33. The van der Waals surface area contributed by atoms with Gasteiger partial charge in [-0.15, -0.1) is 4.52 Å². The lowest BCUT2D eigenvalue weighted by atomic mass is 10.1. The first-order chi connectivity index (χ1) is 12.5. The number of amides is 3. The van der Waals surface area contributed by atoms with E-state index in [0.717, 1.165) is 0 Å². The van der Waals surface area contributed by atoms with Crippen LogP contribution in [0.5, 0.6) is 5.75 Å². The molecule has 1 saturated heterocycles. The van der Waals surface area contributed by atoms with Gasteiger partial charge in [0.1, 0.15) is 12.8 Å². The molecule has 3 amide bonds. The second-order valence-corrected chi connectivity index (χ2v) is 6.63. The number of carbonyl (C=O) groups excluding carboxylic acids is 2. The third-order valence-electron chi connectivity index (χ3n) is 3.74. The first-order valence-corrected chi connectivity index (χ1v) is 9.28. The van der Waals surface area contributed by atoms with Gasteiger partial charge in [-0.05, 0) is 25.5 Å². The van der Waals surface area contributed by atoms with Crippen LogP contribution in [0.25, 0.3) is 0 Å². The van der Waals surface area contributed by atoms with Crippen molar-refractivity contribution in [1.82, 2.24) is 10.2 Å². The van der Waals surface area contributed by atoms with E-state index in [4.69, 9.17) is 13.8 Å². The molecule has 1 aromatic carbocycles. The fourth-order valence-electron chi connectivity index (χ4n) is 2.66. The number of imide groups is 1. The van der Waals surface area contributed by atoms with Crippen molar-refractivity contribution >= 4 is 20.7 Å². The van der Waals surface area contributed by atoms with Crippen molar-refractivity contribution in [3.8, 4) is 5.75 Å². The lowest BCUT2D eigenvalue weighted by Crippen LogP contribution is -2.44. The molecular formula is C17H22N2O6P+. The van der Waals surface area contributed by atoms with Crippen LogP contribution in [0.15, 0.2) is 42.6 Å². The standard InChI is InChI=1S/C17H21N2O6P/c1-3-9-19(17(21)18-12-20)16-13(2)10-15(24-16)11-23-26(22)25-14-7-5-4-6-8-14/h3-9,12-13,15-16H,10-11H2,1-2H3/p+1/b9-3-. The van der Waals surface area contributed by atoms with Crippen molar-refractivity contribution in [3.05, 3.63) is 42.6 Å². The van der Waals surface area contributed by atoms with Gasteiger partial charge in [-0.25, -0.2) is 9.32 Å². The van der Waals surface area contributed by atoms with Crippen LogP contribution in [-0.4, -0.2) is 36.3 Å². The molecule has 26 heavy (non-hydrogen) atoms. The van der Waals surface area contributed by atoms with Crippen LogP contribution in [0.4, 0.5) is 4.79 Å². The number of carbonyl (C=O) groups is 2. The topological polar surface area (TPSA) is 94.2 Å². The highest BCUT2D eigenvalue weighted by Gasteiger charge is 2.39. The second kappa shape index (κ2) is 10.0. The second-order valence-electron chi connectivity index (χ2n) is 5.74. The minimum atomic E-state index is -2.32. The normalized spacial score (nSPS) is 22.8. The predicted molar refractivity (Wildman–Crippen MR) is 94.3 cm³/mol. The van der Waals surface area contributed by atoms with Crippen LogP contribution in [-0.2, 0) is 18.6 Å². The summed E-state index contributed by atoms with van der Waals surface area (Å²) < 4.78 is 28.2. The van der Waals surface area contributed by atoms with E-state index in [1.165, 1.54) is 4.90 Å². The third-order valence-corrected chi connectivity index (χ3v) is 4.46. The molecule has 140 valence electrons. The predicted octanol–water partition coefficient (Wildman–Crippen LogP) is 3.19. The number of ether oxygens (including phenoxy) is 1. The summed E-state index contributed by atoms with van der Waals surface area (Å²) in [6.07, 6.45) is 3.27. The van der Waals surface area contributed by atoms with Gasteiger partial charge in [-0.1, -0.05) is 31.2 Å². The van der Waals surface area contributed by atoms with Crippen LogP contribution in [0, 0.1) is 5.92 Å². The van der Waals surface area contributed by atoms with E-state index < -0.39 is 20.5 Å². The Bertz CT molecular complexity index is 654. The Kier molecular flexibility index (Phi) is 7.72. The monoisotopic (exact) mass is 381 g/mol. The van der Waals surface area contributed by atoms with Crippen molar-refractivity contribution in [1.29, 1.82) is 0 Å². The molecule has 1 fully saturated rings. The summed E-state index contributed by atoms with van der Waals surface area (Å²) in [6.45, 7) is 3.75. The Morgan fingerprint density at radius 2 is 2.15 bits per heavy atom. The third kappa shape index (κ3) is 5.62. The number of urea groups is 1. The minimum Gasteiger partial charge on any atom is -0.352 e. The maximum absolute atomic E-state index is 12.0. The first-order valence-electron chi connectivity index (χ1n) is 8.19. The van der Waals surface area contributed by atoms with E-state index >= 15 is 0 Å². The quantitative estimate of drug-likeness (QED) is 0.549. The summed E-state index contributed by atoms with van der Waals surface area (Å²) in [5.74, 6) is 0.460. The van der Waals surface area contributed by atoms with Crippen molar-refractivity contribution < 1.29 is 27.9 Å². The van der Waals surface area contributed by atoms with E-state index in [0.29, 0.717) is 18.6 Å². The summed E-state index contributed by atoms with van der Waals surface area (Å²) in [6, 6.07) is 8.15. The number of nitrogens with one attached hydrogen (secondary N) is 1. The molecule has 0 bridgehead atoms. The van der Waals surface area contributed by atoms with Crippen molar-refractivity contribution in [2.75, 3.05) is 6.61 Å². The Morgan fingerprint density at radius 3 is 2.81 bits per heavy atom. The molecule has 0 spiro atoms. The lowest BCUT2D eigenvalue weighted by molar-refractivity contribution is -0.109. The Morgan fingerprint density at radius 1 is 1.42 bits per heavy atom. The zero-order chi connectivity index (χ0) is 18.9. The van der Waals surface area contributed by atoms with Gasteiger partial charge in [-0.2, -0.15) is 0 Å². The summed E-state index contributed by atoms with van der Waals surface area (Å²) in [7, 11) is -2.32. The van der Waals surface area contributed by atoms with Gasteiger partial charge in [0.15, 0.2) is 5.75 Å². The number of hydrogen-bond donors (Lipinski definition) is 1. The van der Waals surface area contributed by atoms with Gasteiger partial charge in [0, 0.05) is 16.7 Å². The van der Waals surface area contributed by atoms with Crippen LogP contribution >= 0.6 is 8.25 Å². The van der Waals surface area contributed by atoms with Crippen LogP contribution in [0.3, 0.4) is 0 Å². The Balaban J connectivity index is 1.87. The number of rotatable bonds is 8. The molecule has 1 N–H and O–H groups in total. The average molecular weight is 381 g/mol. The summed E-state index contributed by atoms with van der Waals surface area (Å²) >= 11 is 0. The zero-order valence-corrected chi connectivity index (χ0v) is 15.5. The fraction of sp³-hybridized carbons (Fsp3) is 0.412. The van der Waals surface area contributed by atoms with Crippen molar-refractivity contribution in [3.63, 3.8) is 0 Å². The molecule has 0 saturated carbocycles. The Hall–Kier alpha value is -2.28. The number of nitrogens with zero attached hydrogens (tertiary/aromatic N) is 1. The SMILES string of the molecule is C/C=C\N(C(=O)NC=O)C1OC(CO[P+](=O)Oc2ccccc2)CC1C. The molecular weight excluding hydrogens is 359 g/mol. The maximum Gasteiger partial charge on any atom is 0.750 e. The molecule has 1 aliphatic heterocycles. The van der Waals surface area contributed by atoms with Gasteiger partial charge in [0.25, 0.3) is 0 Å². The number of hydrogen-bond acceptors (Lipinski definition) is 6. The highest BCUT2D eigenvalue weighted by molar-refractivity contribution is 7.33. The molecule has 2 rings (SSSR count). The van der Waals surface area contributed by atoms with E-state index in [-0.39, 0.29) is 18.6 Å². The van der Waals surface area contributed by atoms with Crippen LogP contribution in [0.1, 0.15) is 20.3 Å². The molecule has 1 heterocycles. The summed E-state index contributed by atoms with van der Waals surface area (Å²) in [5, 5.41) is 2.10. The molecule has 4 atom stereocenters. The van der Waals surface area contributed by atoms with Crippen LogP contribution < -0.4 is 9.84 Å². The minimum absolute atomic E-state index is 0.00474. The molecule has 4 unspecified atom stereocenters. The van der Waals surface area contributed by atoms with E-state index in [2.05, 4.69) is 5.32 Å². The number of benzene rings is 1. The fourth-order valence-corrected chi connectivity index (χ4v) is 3.29. The molecule has 0 aromatic heterocycles. The van der Waals surface area contributed by atoms with Gasteiger partial charge >= 0.3 is 14.3 Å². The maximum atomic E-state index is 12.0. The molecule has 1 aromatic rings. The number of allylic oxidation sites excluding steroid dienone is 1. The van der Waals surface area contributed by atoms with Crippen molar-refractivity contribution in [2.24, 2.45) is 5.92 Å². The largest absolute Gasteiger partial charge is 0.750 e. The lowest BCUT2D eigenvalue weighted by Gasteiger charge is -2.27. The summed E-state index contributed by atoms with van der Waals surface area (Å²) in [5.41, 5.74) is 0. The van der Waals surface area contributed by atoms with Gasteiger partial charge < -0.3 is 4.74 Å². The molecule has 1 aliphatic rings. The van der Waals surface area contributed by atoms with Crippen molar-refractivity contribution in [2.45, 2.75) is 32.6 Å².